The Bertz CT molecular complexity index is 480. The van der Waals surface area contributed by atoms with Gasteiger partial charge in [0.25, 0.3) is 0 Å². The van der Waals surface area contributed by atoms with Crippen LogP contribution in [0, 0.1) is 6.92 Å². The standard InChI is InChI=1S/C12H9ClO2/c1-8-4-9(6-10(13)5-8)12-3-2-11(7-14)15-12/h2-7H,1H3. The molecule has 0 aliphatic carbocycles. The fourth-order valence-corrected chi connectivity index (χ4v) is 1.74. The molecule has 15 heavy (non-hydrogen) atoms. The summed E-state index contributed by atoms with van der Waals surface area (Å²) < 4.78 is 5.30. The van der Waals surface area contributed by atoms with Crippen molar-refractivity contribution in [1.29, 1.82) is 0 Å². The van der Waals surface area contributed by atoms with Crippen molar-refractivity contribution in [3.8, 4) is 11.3 Å². The lowest BCUT2D eigenvalue weighted by atomic mass is 10.1. The van der Waals surface area contributed by atoms with Crippen LogP contribution in [0.4, 0.5) is 0 Å². The van der Waals surface area contributed by atoms with E-state index >= 15 is 0 Å². The molecule has 76 valence electrons. The van der Waals surface area contributed by atoms with E-state index in [-0.39, 0.29) is 0 Å². The molecule has 0 fully saturated rings. The van der Waals surface area contributed by atoms with Gasteiger partial charge in [-0.05, 0) is 42.8 Å². The Labute approximate surface area is 92.5 Å². The normalized spacial score (nSPS) is 10.3. The van der Waals surface area contributed by atoms with Gasteiger partial charge in [0.15, 0.2) is 12.0 Å². The molecule has 2 aromatic rings. The van der Waals surface area contributed by atoms with E-state index in [1.54, 1.807) is 12.1 Å². The summed E-state index contributed by atoms with van der Waals surface area (Å²) in [6.45, 7) is 1.96. The molecule has 0 bridgehead atoms. The van der Waals surface area contributed by atoms with Gasteiger partial charge >= 0.3 is 0 Å². The van der Waals surface area contributed by atoms with Crippen molar-refractivity contribution < 1.29 is 9.21 Å². The van der Waals surface area contributed by atoms with Crippen LogP contribution in [0.1, 0.15) is 16.1 Å². The maximum Gasteiger partial charge on any atom is 0.185 e. The smallest absolute Gasteiger partial charge is 0.185 e. The topological polar surface area (TPSA) is 30.2 Å². The highest BCUT2D eigenvalue weighted by molar-refractivity contribution is 6.30. The first-order chi connectivity index (χ1) is 7.19. The minimum Gasteiger partial charge on any atom is -0.453 e. The van der Waals surface area contributed by atoms with Gasteiger partial charge in [-0.1, -0.05) is 11.6 Å². The Morgan fingerprint density at radius 1 is 1.27 bits per heavy atom. The van der Waals surface area contributed by atoms with Crippen molar-refractivity contribution in [2.24, 2.45) is 0 Å². The number of halogens is 1. The number of carbonyl (C=O) groups is 1. The SMILES string of the molecule is Cc1cc(Cl)cc(-c2ccc(C=O)o2)c1. The highest BCUT2D eigenvalue weighted by Gasteiger charge is 2.05. The minimum atomic E-state index is 0.322. The fraction of sp³-hybridized carbons (Fsp3) is 0.0833. The van der Waals surface area contributed by atoms with Crippen molar-refractivity contribution in [1.82, 2.24) is 0 Å². The zero-order chi connectivity index (χ0) is 10.8. The average molecular weight is 221 g/mol. The van der Waals surface area contributed by atoms with Crippen LogP contribution >= 0.6 is 11.6 Å². The van der Waals surface area contributed by atoms with Crippen LogP contribution in [0.2, 0.25) is 5.02 Å². The van der Waals surface area contributed by atoms with Gasteiger partial charge in [-0.2, -0.15) is 0 Å². The summed E-state index contributed by atoms with van der Waals surface area (Å²) in [5.41, 5.74) is 1.94. The van der Waals surface area contributed by atoms with Crippen molar-refractivity contribution in [3.63, 3.8) is 0 Å². The molecule has 0 spiro atoms. The van der Waals surface area contributed by atoms with Crippen LogP contribution in [-0.4, -0.2) is 6.29 Å². The summed E-state index contributed by atoms with van der Waals surface area (Å²) in [6.07, 6.45) is 0.681. The molecule has 0 aliphatic heterocycles. The predicted molar refractivity (Wildman–Crippen MR) is 59.3 cm³/mol. The van der Waals surface area contributed by atoms with E-state index < -0.39 is 0 Å². The molecule has 0 radical (unpaired) electrons. The molecule has 1 heterocycles. The lowest BCUT2D eigenvalue weighted by molar-refractivity contribution is 0.110. The fourth-order valence-electron chi connectivity index (χ4n) is 1.45. The number of aryl methyl sites for hydroxylation is 1. The van der Waals surface area contributed by atoms with E-state index in [0.717, 1.165) is 11.1 Å². The molecule has 2 rings (SSSR count). The first kappa shape index (κ1) is 9.99. The molecule has 1 aromatic heterocycles. The molecule has 0 saturated carbocycles. The first-order valence-electron chi connectivity index (χ1n) is 4.51. The number of carbonyl (C=O) groups excluding carboxylic acids is 1. The van der Waals surface area contributed by atoms with E-state index in [1.165, 1.54) is 0 Å². The Hall–Kier alpha value is -1.54. The predicted octanol–water partition coefficient (Wildman–Crippen LogP) is 3.72. The molecule has 0 atom stereocenters. The van der Waals surface area contributed by atoms with Gasteiger partial charge < -0.3 is 4.42 Å². The highest BCUT2D eigenvalue weighted by atomic mass is 35.5. The number of benzene rings is 1. The third-order valence-electron chi connectivity index (χ3n) is 2.07. The molecular formula is C12H9ClO2. The Morgan fingerprint density at radius 3 is 2.67 bits per heavy atom. The van der Waals surface area contributed by atoms with Crippen LogP contribution in [0.15, 0.2) is 34.7 Å². The van der Waals surface area contributed by atoms with Gasteiger partial charge in [-0.3, -0.25) is 4.79 Å². The molecule has 0 amide bonds. The Balaban J connectivity index is 2.48. The van der Waals surface area contributed by atoms with Gasteiger partial charge in [-0.15, -0.1) is 0 Å². The van der Waals surface area contributed by atoms with Crippen LogP contribution in [0.5, 0.6) is 0 Å². The molecular weight excluding hydrogens is 212 g/mol. The summed E-state index contributed by atoms with van der Waals surface area (Å²) in [7, 11) is 0. The second-order valence-corrected chi connectivity index (χ2v) is 3.77. The van der Waals surface area contributed by atoms with Gasteiger partial charge in [0.1, 0.15) is 5.76 Å². The number of rotatable bonds is 2. The van der Waals surface area contributed by atoms with E-state index in [2.05, 4.69) is 0 Å². The van der Waals surface area contributed by atoms with Crippen LogP contribution in [0.3, 0.4) is 0 Å². The van der Waals surface area contributed by atoms with E-state index in [4.69, 9.17) is 16.0 Å². The second kappa shape index (κ2) is 3.91. The molecule has 1 aromatic carbocycles. The lowest BCUT2D eigenvalue weighted by Gasteiger charge is -2.00. The van der Waals surface area contributed by atoms with E-state index in [1.807, 2.05) is 25.1 Å². The lowest BCUT2D eigenvalue weighted by Crippen LogP contribution is -1.78. The maximum atomic E-state index is 10.5. The molecule has 0 aliphatic rings. The summed E-state index contributed by atoms with van der Waals surface area (Å²) >= 11 is 5.93. The van der Waals surface area contributed by atoms with Gasteiger partial charge in [0, 0.05) is 10.6 Å². The minimum absolute atomic E-state index is 0.322. The summed E-state index contributed by atoms with van der Waals surface area (Å²) in [6, 6.07) is 9.03. The molecule has 3 heteroatoms. The zero-order valence-electron chi connectivity index (χ0n) is 8.16. The van der Waals surface area contributed by atoms with Gasteiger partial charge in [0.05, 0.1) is 0 Å². The maximum absolute atomic E-state index is 10.5. The van der Waals surface area contributed by atoms with E-state index in [9.17, 15) is 4.79 Å². The Kier molecular flexibility index (Phi) is 2.60. The summed E-state index contributed by atoms with van der Waals surface area (Å²) in [5, 5.41) is 0.661. The molecule has 0 N–H and O–H groups in total. The average Bonchev–Trinajstić information content (AvgIpc) is 2.64. The number of hydrogen-bond donors (Lipinski definition) is 0. The third-order valence-corrected chi connectivity index (χ3v) is 2.29. The zero-order valence-corrected chi connectivity index (χ0v) is 8.91. The van der Waals surface area contributed by atoms with Crippen molar-refractivity contribution in [2.75, 3.05) is 0 Å². The van der Waals surface area contributed by atoms with Crippen molar-refractivity contribution in [2.45, 2.75) is 6.92 Å². The number of furan rings is 1. The van der Waals surface area contributed by atoms with Gasteiger partial charge in [0.2, 0.25) is 0 Å². The van der Waals surface area contributed by atoms with Crippen LogP contribution in [0.25, 0.3) is 11.3 Å². The highest BCUT2D eigenvalue weighted by Crippen LogP contribution is 2.25. The number of hydrogen-bond acceptors (Lipinski definition) is 2. The van der Waals surface area contributed by atoms with Crippen LogP contribution in [-0.2, 0) is 0 Å². The molecule has 0 saturated heterocycles. The quantitative estimate of drug-likeness (QED) is 0.722. The van der Waals surface area contributed by atoms with E-state index in [0.29, 0.717) is 22.8 Å². The Morgan fingerprint density at radius 2 is 2.07 bits per heavy atom. The van der Waals surface area contributed by atoms with Gasteiger partial charge in [-0.25, -0.2) is 0 Å². The second-order valence-electron chi connectivity index (χ2n) is 3.34. The largest absolute Gasteiger partial charge is 0.453 e. The number of aldehydes is 1. The van der Waals surface area contributed by atoms with Crippen molar-refractivity contribution >= 4 is 17.9 Å². The summed E-state index contributed by atoms with van der Waals surface area (Å²) in [5.74, 6) is 0.977. The molecule has 2 nitrogen and oxygen atoms in total. The van der Waals surface area contributed by atoms with Crippen molar-refractivity contribution in [3.05, 3.63) is 46.7 Å². The van der Waals surface area contributed by atoms with Crippen LogP contribution < -0.4 is 0 Å². The first-order valence-corrected chi connectivity index (χ1v) is 4.89. The monoisotopic (exact) mass is 220 g/mol. The molecule has 0 unspecified atom stereocenters. The summed E-state index contributed by atoms with van der Waals surface area (Å²) in [4.78, 5) is 10.5. The third kappa shape index (κ3) is 2.10.